The second-order valence-electron chi connectivity index (χ2n) is 4.07. The van der Waals surface area contributed by atoms with Crippen LogP contribution in [-0.2, 0) is 20.0 Å². The van der Waals surface area contributed by atoms with Crippen LogP contribution in [0.4, 0.5) is 0 Å². The van der Waals surface area contributed by atoms with Crippen LogP contribution in [0, 0.1) is 11.3 Å². The molecule has 0 atom stereocenters. The van der Waals surface area contributed by atoms with Gasteiger partial charge in [0, 0.05) is 7.05 Å². The third-order valence-electron chi connectivity index (χ3n) is 2.67. The highest BCUT2D eigenvalue weighted by molar-refractivity contribution is 5.28. The fourth-order valence-electron chi connectivity index (χ4n) is 1.62. The Bertz CT molecular complexity index is 634. The molecule has 0 amide bonds. The molecule has 6 heteroatoms. The van der Waals surface area contributed by atoms with E-state index in [0.717, 1.165) is 5.56 Å². The van der Waals surface area contributed by atoms with Gasteiger partial charge in [0.05, 0.1) is 19.0 Å². The van der Waals surface area contributed by atoms with Gasteiger partial charge in [0.25, 0.3) is 0 Å². The smallest absolute Gasteiger partial charge is 0.345 e. The van der Waals surface area contributed by atoms with E-state index < -0.39 is 0 Å². The summed E-state index contributed by atoms with van der Waals surface area (Å²) in [6.07, 6.45) is 1.86. The van der Waals surface area contributed by atoms with E-state index in [1.54, 1.807) is 7.05 Å². The van der Waals surface area contributed by atoms with Crippen LogP contribution in [0.25, 0.3) is 0 Å². The van der Waals surface area contributed by atoms with Crippen LogP contribution in [0.3, 0.4) is 0 Å². The van der Waals surface area contributed by atoms with E-state index in [4.69, 9.17) is 10.00 Å². The third kappa shape index (κ3) is 3.22. The zero-order chi connectivity index (χ0) is 13.7. The minimum absolute atomic E-state index is 0.159. The lowest BCUT2D eigenvalue weighted by Crippen LogP contribution is -2.25. The fraction of sp³-hybridized carbons (Fsp3) is 0.308. The van der Waals surface area contributed by atoms with Crippen molar-refractivity contribution in [2.45, 2.75) is 13.0 Å². The maximum absolute atomic E-state index is 11.5. The molecular formula is C13H14N4O2. The van der Waals surface area contributed by atoms with Crippen LogP contribution in [-0.4, -0.2) is 21.0 Å². The molecule has 0 spiro atoms. The van der Waals surface area contributed by atoms with Crippen LogP contribution < -0.4 is 10.4 Å². The van der Waals surface area contributed by atoms with E-state index in [1.807, 2.05) is 24.3 Å². The Morgan fingerprint density at radius 1 is 1.37 bits per heavy atom. The SMILES string of the molecule is Cn1cnn(CCOc2ccc(CC#N)cc2)c1=O. The molecule has 0 fully saturated rings. The Hall–Kier alpha value is -2.55. The molecule has 2 aromatic rings. The molecule has 0 aliphatic carbocycles. The van der Waals surface area contributed by atoms with Crippen molar-refractivity contribution < 1.29 is 4.74 Å². The normalized spacial score (nSPS) is 10.1. The van der Waals surface area contributed by atoms with Gasteiger partial charge < -0.3 is 4.74 Å². The van der Waals surface area contributed by atoms with Crippen molar-refractivity contribution in [2.24, 2.45) is 7.05 Å². The van der Waals surface area contributed by atoms with Gasteiger partial charge in [-0.15, -0.1) is 0 Å². The minimum atomic E-state index is -0.159. The molecule has 1 heterocycles. The molecule has 0 bridgehead atoms. The largest absolute Gasteiger partial charge is 0.492 e. The second-order valence-corrected chi connectivity index (χ2v) is 4.07. The Kier molecular flexibility index (Phi) is 3.98. The predicted molar refractivity (Wildman–Crippen MR) is 68.7 cm³/mol. The summed E-state index contributed by atoms with van der Waals surface area (Å²) in [5, 5.41) is 12.5. The number of hydrogen-bond acceptors (Lipinski definition) is 4. The maximum Gasteiger partial charge on any atom is 0.345 e. The molecule has 2 rings (SSSR count). The summed E-state index contributed by atoms with van der Waals surface area (Å²) in [5.41, 5.74) is 0.795. The highest BCUT2D eigenvalue weighted by Gasteiger charge is 2.01. The lowest BCUT2D eigenvalue weighted by molar-refractivity contribution is 0.288. The van der Waals surface area contributed by atoms with Crippen LogP contribution in [0.5, 0.6) is 5.75 Å². The monoisotopic (exact) mass is 258 g/mol. The molecule has 0 saturated heterocycles. The van der Waals surface area contributed by atoms with Gasteiger partial charge in [-0.2, -0.15) is 10.4 Å². The highest BCUT2D eigenvalue weighted by atomic mass is 16.5. The van der Waals surface area contributed by atoms with Gasteiger partial charge in [-0.3, -0.25) is 4.57 Å². The van der Waals surface area contributed by atoms with Crippen LogP contribution in [0.15, 0.2) is 35.4 Å². The quantitative estimate of drug-likeness (QED) is 0.792. The second kappa shape index (κ2) is 5.87. The summed E-state index contributed by atoms with van der Waals surface area (Å²) in [7, 11) is 1.65. The van der Waals surface area contributed by atoms with Crippen LogP contribution in [0.2, 0.25) is 0 Å². The molecule has 0 aliphatic heterocycles. The average molecular weight is 258 g/mol. The van der Waals surface area contributed by atoms with Gasteiger partial charge in [-0.1, -0.05) is 12.1 Å². The van der Waals surface area contributed by atoms with Gasteiger partial charge in [-0.25, -0.2) is 9.48 Å². The number of benzene rings is 1. The molecular weight excluding hydrogens is 244 g/mol. The lowest BCUT2D eigenvalue weighted by Gasteiger charge is -2.06. The molecule has 1 aromatic heterocycles. The summed E-state index contributed by atoms with van der Waals surface area (Å²) >= 11 is 0. The molecule has 0 aliphatic rings. The first-order valence-electron chi connectivity index (χ1n) is 5.88. The molecule has 0 N–H and O–H groups in total. The third-order valence-corrected chi connectivity index (χ3v) is 2.67. The minimum Gasteiger partial charge on any atom is -0.492 e. The topological polar surface area (TPSA) is 72.8 Å². The summed E-state index contributed by atoms with van der Waals surface area (Å²) in [4.78, 5) is 11.5. The lowest BCUT2D eigenvalue weighted by atomic mass is 10.2. The fourth-order valence-corrected chi connectivity index (χ4v) is 1.62. The van der Waals surface area contributed by atoms with Gasteiger partial charge in [-0.05, 0) is 17.7 Å². The Morgan fingerprint density at radius 2 is 2.11 bits per heavy atom. The van der Waals surface area contributed by atoms with Gasteiger partial charge in [0.1, 0.15) is 18.7 Å². The van der Waals surface area contributed by atoms with Gasteiger partial charge in [0.15, 0.2) is 0 Å². The summed E-state index contributed by atoms with van der Waals surface area (Å²) < 4.78 is 8.28. The van der Waals surface area contributed by atoms with Crippen molar-refractivity contribution >= 4 is 0 Å². The number of rotatable bonds is 5. The summed E-state index contributed by atoms with van der Waals surface area (Å²) in [6, 6.07) is 9.42. The molecule has 0 unspecified atom stereocenters. The maximum atomic E-state index is 11.5. The first-order valence-corrected chi connectivity index (χ1v) is 5.88. The Labute approximate surface area is 110 Å². The van der Waals surface area contributed by atoms with Crippen LogP contribution >= 0.6 is 0 Å². The number of nitriles is 1. The molecule has 98 valence electrons. The zero-order valence-corrected chi connectivity index (χ0v) is 10.6. The van der Waals surface area contributed by atoms with Crippen molar-refractivity contribution in [3.63, 3.8) is 0 Å². The van der Waals surface area contributed by atoms with Crippen molar-refractivity contribution in [3.05, 3.63) is 46.6 Å². The van der Waals surface area contributed by atoms with Crippen molar-refractivity contribution in [3.8, 4) is 11.8 Å². The van der Waals surface area contributed by atoms with Crippen molar-refractivity contribution in [1.29, 1.82) is 5.26 Å². The summed E-state index contributed by atoms with van der Waals surface area (Å²) in [5.74, 6) is 0.714. The first kappa shape index (κ1) is 12.9. The Morgan fingerprint density at radius 3 is 2.68 bits per heavy atom. The number of aryl methyl sites for hydroxylation is 1. The van der Waals surface area contributed by atoms with E-state index in [-0.39, 0.29) is 5.69 Å². The van der Waals surface area contributed by atoms with Crippen molar-refractivity contribution in [1.82, 2.24) is 14.3 Å². The number of hydrogen-bond donors (Lipinski definition) is 0. The molecule has 19 heavy (non-hydrogen) atoms. The number of aromatic nitrogens is 3. The molecule has 6 nitrogen and oxygen atoms in total. The van der Waals surface area contributed by atoms with E-state index in [0.29, 0.717) is 25.3 Å². The predicted octanol–water partition coefficient (Wildman–Crippen LogP) is 0.727. The van der Waals surface area contributed by atoms with Gasteiger partial charge >= 0.3 is 5.69 Å². The van der Waals surface area contributed by atoms with Crippen molar-refractivity contribution in [2.75, 3.05) is 6.61 Å². The highest BCUT2D eigenvalue weighted by Crippen LogP contribution is 2.12. The Balaban J connectivity index is 1.87. The molecule has 0 saturated carbocycles. The zero-order valence-electron chi connectivity index (χ0n) is 10.6. The standard InChI is InChI=1S/C13H14N4O2/c1-16-10-15-17(13(16)18)8-9-19-12-4-2-11(3-5-12)6-7-14/h2-5,10H,6,8-9H2,1H3. The number of ether oxygens (including phenoxy) is 1. The van der Waals surface area contributed by atoms with E-state index in [9.17, 15) is 4.79 Å². The molecule has 1 aromatic carbocycles. The van der Waals surface area contributed by atoms with Gasteiger partial charge in [0.2, 0.25) is 0 Å². The number of nitrogens with zero attached hydrogens (tertiary/aromatic N) is 4. The first-order chi connectivity index (χ1) is 9.20. The van der Waals surface area contributed by atoms with E-state index in [2.05, 4.69) is 11.2 Å². The van der Waals surface area contributed by atoms with Crippen LogP contribution in [0.1, 0.15) is 5.56 Å². The van der Waals surface area contributed by atoms with E-state index >= 15 is 0 Å². The summed E-state index contributed by atoms with van der Waals surface area (Å²) in [6.45, 7) is 0.772. The van der Waals surface area contributed by atoms with E-state index in [1.165, 1.54) is 15.6 Å². The molecule has 0 radical (unpaired) electrons. The average Bonchev–Trinajstić information content (AvgIpc) is 2.73.